The van der Waals surface area contributed by atoms with Crippen molar-refractivity contribution in [3.63, 3.8) is 0 Å². The summed E-state index contributed by atoms with van der Waals surface area (Å²) in [6.07, 6.45) is 0.759. The molecule has 2 heterocycles. The molecule has 0 aromatic carbocycles. The van der Waals surface area contributed by atoms with E-state index in [0.717, 1.165) is 17.8 Å². The maximum absolute atomic E-state index is 5.67. The van der Waals surface area contributed by atoms with Crippen molar-refractivity contribution < 1.29 is 4.42 Å². The molecule has 0 spiro atoms. The van der Waals surface area contributed by atoms with Gasteiger partial charge in [-0.1, -0.05) is 0 Å². The monoisotopic (exact) mass is 265 g/mol. The molecule has 0 fully saturated rings. The molecule has 18 heavy (non-hydrogen) atoms. The van der Waals surface area contributed by atoms with Gasteiger partial charge in [0, 0.05) is 18.5 Å². The number of rotatable bonds is 4. The van der Waals surface area contributed by atoms with Gasteiger partial charge in [-0.2, -0.15) is 0 Å². The molecule has 98 valence electrons. The lowest BCUT2D eigenvalue weighted by molar-refractivity contribution is 0.412. The lowest BCUT2D eigenvalue weighted by atomic mass is 10.1. The van der Waals surface area contributed by atoms with E-state index in [9.17, 15) is 0 Å². The van der Waals surface area contributed by atoms with Crippen molar-refractivity contribution in [2.45, 2.75) is 39.7 Å². The lowest BCUT2D eigenvalue weighted by Gasteiger charge is -2.19. The second kappa shape index (κ2) is 5.20. The second-order valence-electron chi connectivity index (χ2n) is 5.36. The average molecular weight is 265 g/mol. The van der Waals surface area contributed by atoms with Gasteiger partial charge < -0.3 is 9.73 Å². The van der Waals surface area contributed by atoms with Gasteiger partial charge in [-0.15, -0.1) is 21.5 Å². The first-order valence-electron chi connectivity index (χ1n) is 6.07. The maximum atomic E-state index is 5.67. The Kier molecular flexibility index (Phi) is 3.82. The number of hydrogen-bond donors (Lipinski definition) is 1. The fourth-order valence-corrected chi connectivity index (χ4v) is 2.43. The highest BCUT2D eigenvalue weighted by Crippen LogP contribution is 2.27. The number of aromatic nitrogens is 2. The van der Waals surface area contributed by atoms with Gasteiger partial charge in [-0.25, -0.2) is 0 Å². The molecule has 0 saturated carbocycles. The molecule has 0 aliphatic heterocycles. The fourth-order valence-electron chi connectivity index (χ4n) is 1.58. The van der Waals surface area contributed by atoms with Crippen LogP contribution in [0.3, 0.4) is 0 Å². The van der Waals surface area contributed by atoms with E-state index in [4.69, 9.17) is 4.42 Å². The van der Waals surface area contributed by atoms with Gasteiger partial charge in [0.1, 0.15) is 0 Å². The third-order valence-corrected chi connectivity index (χ3v) is 3.52. The Labute approximate surface area is 111 Å². The maximum Gasteiger partial charge on any atom is 0.257 e. The third kappa shape index (κ3) is 3.40. The highest BCUT2D eigenvalue weighted by Gasteiger charge is 2.13. The number of aryl methyl sites for hydroxylation is 1. The van der Waals surface area contributed by atoms with Crippen LogP contribution in [0.15, 0.2) is 15.9 Å². The number of nitrogens with one attached hydrogen (secondary N) is 1. The summed E-state index contributed by atoms with van der Waals surface area (Å²) in [7, 11) is 0. The minimum atomic E-state index is 0.118. The van der Waals surface area contributed by atoms with Crippen molar-refractivity contribution in [3.8, 4) is 10.8 Å². The zero-order chi connectivity index (χ0) is 13.2. The van der Waals surface area contributed by atoms with Crippen LogP contribution in [0.1, 0.15) is 32.2 Å². The predicted octanol–water partition coefficient (Wildman–Crippen LogP) is 3.04. The van der Waals surface area contributed by atoms with E-state index in [1.165, 1.54) is 5.56 Å². The Morgan fingerprint density at radius 3 is 2.72 bits per heavy atom. The standard InChI is InChI=1S/C13H19N3OS/c1-9-6-8-18-11(9)12-16-15-10(17-12)5-7-14-13(2,3)4/h6,8,14H,5,7H2,1-4H3. The van der Waals surface area contributed by atoms with E-state index in [0.29, 0.717) is 11.8 Å². The smallest absolute Gasteiger partial charge is 0.257 e. The quantitative estimate of drug-likeness (QED) is 0.923. The zero-order valence-corrected chi connectivity index (χ0v) is 12.1. The lowest BCUT2D eigenvalue weighted by Crippen LogP contribution is -2.37. The summed E-state index contributed by atoms with van der Waals surface area (Å²) >= 11 is 1.63. The molecule has 0 bridgehead atoms. The van der Waals surface area contributed by atoms with Gasteiger partial charge in [0.15, 0.2) is 0 Å². The van der Waals surface area contributed by atoms with Gasteiger partial charge in [-0.05, 0) is 44.7 Å². The molecule has 0 saturated heterocycles. The molecule has 1 N–H and O–H groups in total. The molecular weight excluding hydrogens is 246 g/mol. The van der Waals surface area contributed by atoms with E-state index < -0.39 is 0 Å². The van der Waals surface area contributed by atoms with Gasteiger partial charge in [0.25, 0.3) is 5.89 Å². The van der Waals surface area contributed by atoms with Crippen LogP contribution in [0, 0.1) is 6.92 Å². The summed E-state index contributed by atoms with van der Waals surface area (Å²) in [6, 6.07) is 2.06. The molecule has 5 heteroatoms. The molecule has 0 aliphatic rings. The fraction of sp³-hybridized carbons (Fsp3) is 0.538. The van der Waals surface area contributed by atoms with Gasteiger partial charge in [-0.3, -0.25) is 0 Å². The molecule has 0 amide bonds. The Morgan fingerprint density at radius 1 is 1.33 bits per heavy atom. The molecular formula is C13H19N3OS. The second-order valence-corrected chi connectivity index (χ2v) is 6.28. The SMILES string of the molecule is Cc1ccsc1-c1nnc(CCNC(C)(C)C)o1. The van der Waals surface area contributed by atoms with Crippen LogP contribution in [-0.4, -0.2) is 22.3 Å². The van der Waals surface area contributed by atoms with E-state index in [1.54, 1.807) is 11.3 Å². The first-order valence-corrected chi connectivity index (χ1v) is 6.95. The summed E-state index contributed by atoms with van der Waals surface area (Å²) < 4.78 is 5.67. The minimum Gasteiger partial charge on any atom is -0.420 e. The Bertz CT molecular complexity index is 510. The molecule has 0 aliphatic carbocycles. The van der Waals surface area contributed by atoms with Crippen LogP contribution in [-0.2, 0) is 6.42 Å². The Morgan fingerprint density at radius 2 is 2.11 bits per heavy atom. The van der Waals surface area contributed by atoms with Crippen molar-refractivity contribution in [3.05, 3.63) is 22.9 Å². The molecule has 2 aromatic heterocycles. The van der Waals surface area contributed by atoms with E-state index in [1.807, 2.05) is 5.38 Å². The topological polar surface area (TPSA) is 51.0 Å². The Balaban J connectivity index is 1.97. The van der Waals surface area contributed by atoms with Crippen LogP contribution in [0.2, 0.25) is 0 Å². The molecule has 2 rings (SSSR count). The minimum absolute atomic E-state index is 0.118. The normalized spacial score (nSPS) is 12.0. The number of thiophene rings is 1. The van der Waals surface area contributed by atoms with E-state index >= 15 is 0 Å². The van der Waals surface area contributed by atoms with Gasteiger partial charge in [0.2, 0.25) is 5.89 Å². The van der Waals surface area contributed by atoms with Crippen molar-refractivity contribution in [1.29, 1.82) is 0 Å². The highest BCUT2D eigenvalue weighted by atomic mass is 32.1. The highest BCUT2D eigenvalue weighted by molar-refractivity contribution is 7.13. The van der Waals surface area contributed by atoms with Crippen LogP contribution in [0.4, 0.5) is 0 Å². The zero-order valence-electron chi connectivity index (χ0n) is 11.3. The number of hydrogen-bond acceptors (Lipinski definition) is 5. The molecule has 0 atom stereocenters. The largest absolute Gasteiger partial charge is 0.420 e. The molecule has 0 unspecified atom stereocenters. The number of nitrogens with zero attached hydrogens (tertiary/aromatic N) is 2. The average Bonchev–Trinajstić information content (AvgIpc) is 2.84. The van der Waals surface area contributed by atoms with Crippen LogP contribution < -0.4 is 5.32 Å². The summed E-state index contributed by atoms with van der Waals surface area (Å²) in [5.74, 6) is 1.32. The first-order chi connectivity index (χ1) is 8.46. The Hall–Kier alpha value is -1.20. The van der Waals surface area contributed by atoms with E-state index in [-0.39, 0.29) is 5.54 Å². The van der Waals surface area contributed by atoms with Crippen molar-refractivity contribution in [2.75, 3.05) is 6.54 Å². The summed E-state index contributed by atoms with van der Waals surface area (Å²) in [5.41, 5.74) is 1.30. The first kappa shape index (κ1) is 13.2. The summed E-state index contributed by atoms with van der Waals surface area (Å²) in [6.45, 7) is 9.31. The van der Waals surface area contributed by atoms with Gasteiger partial charge in [0.05, 0.1) is 4.88 Å². The summed E-state index contributed by atoms with van der Waals surface area (Å²) in [4.78, 5) is 1.07. The van der Waals surface area contributed by atoms with Crippen LogP contribution in [0.25, 0.3) is 10.8 Å². The predicted molar refractivity (Wildman–Crippen MR) is 73.8 cm³/mol. The van der Waals surface area contributed by atoms with Gasteiger partial charge >= 0.3 is 0 Å². The van der Waals surface area contributed by atoms with Crippen molar-refractivity contribution >= 4 is 11.3 Å². The van der Waals surface area contributed by atoms with Crippen LogP contribution in [0.5, 0.6) is 0 Å². The third-order valence-electron chi connectivity index (χ3n) is 2.52. The van der Waals surface area contributed by atoms with Crippen molar-refractivity contribution in [2.24, 2.45) is 0 Å². The van der Waals surface area contributed by atoms with E-state index in [2.05, 4.69) is 49.3 Å². The molecule has 0 radical (unpaired) electrons. The molecule has 4 nitrogen and oxygen atoms in total. The molecule has 2 aromatic rings. The van der Waals surface area contributed by atoms with Crippen LogP contribution >= 0.6 is 11.3 Å². The summed E-state index contributed by atoms with van der Waals surface area (Å²) in [5, 5.41) is 13.6. The van der Waals surface area contributed by atoms with Crippen molar-refractivity contribution in [1.82, 2.24) is 15.5 Å².